The summed E-state index contributed by atoms with van der Waals surface area (Å²) in [5.74, 6) is 1.53. The third kappa shape index (κ3) is 5.09. The van der Waals surface area contributed by atoms with Gasteiger partial charge in [-0.05, 0) is 48.9 Å². The number of anilines is 2. The van der Waals surface area contributed by atoms with Gasteiger partial charge in [-0.1, -0.05) is 6.07 Å². The molecule has 0 atom stereocenters. The van der Waals surface area contributed by atoms with Gasteiger partial charge >= 0.3 is 6.36 Å². The highest BCUT2D eigenvalue weighted by Gasteiger charge is 2.32. The molecule has 1 aliphatic heterocycles. The van der Waals surface area contributed by atoms with Crippen LogP contribution in [0.3, 0.4) is 0 Å². The molecule has 2 heterocycles. The number of hydrogen-bond donors (Lipinski definition) is 2. The Morgan fingerprint density at radius 3 is 2.72 bits per heavy atom. The molecule has 1 aromatic carbocycles. The molecule has 1 aromatic heterocycles. The molecule has 2 N–H and O–H groups in total. The first-order chi connectivity index (χ1) is 13.9. The SMILES string of the molecule is OCCCNc1nc(C2CC2)cc(N2CCc3ccc(OC(F)(F)F)cc3C2)n1. The largest absolute Gasteiger partial charge is 0.573 e. The lowest BCUT2D eigenvalue weighted by Crippen LogP contribution is -2.31. The van der Waals surface area contributed by atoms with E-state index in [0.29, 0.717) is 31.4 Å². The maximum Gasteiger partial charge on any atom is 0.573 e. The molecule has 4 rings (SSSR count). The number of nitrogens with zero attached hydrogens (tertiary/aromatic N) is 3. The van der Waals surface area contributed by atoms with Crippen molar-refractivity contribution in [2.45, 2.75) is 44.5 Å². The predicted octanol–water partition coefficient (Wildman–Crippen LogP) is 3.61. The van der Waals surface area contributed by atoms with Gasteiger partial charge in [-0.2, -0.15) is 4.98 Å². The monoisotopic (exact) mass is 408 g/mol. The van der Waals surface area contributed by atoms with Crippen molar-refractivity contribution in [3.05, 3.63) is 41.1 Å². The van der Waals surface area contributed by atoms with Crippen molar-refractivity contribution < 1.29 is 23.0 Å². The summed E-state index contributed by atoms with van der Waals surface area (Å²) in [5.41, 5.74) is 2.81. The molecule has 6 nitrogen and oxygen atoms in total. The number of aliphatic hydroxyl groups excluding tert-OH is 1. The van der Waals surface area contributed by atoms with Crippen molar-refractivity contribution in [2.75, 3.05) is 29.9 Å². The van der Waals surface area contributed by atoms with E-state index in [1.807, 2.05) is 6.07 Å². The molecule has 1 aliphatic carbocycles. The van der Waals surface area contributed by atoms with Crippen LogP contribution in [-0.2, 0) is 13.0 Å². The van der Waals surface area contributed by atoms with Crippen molar-refractivity contribution in [1.29, 1.82) is 0 Å². The minimum Gasteiger partial charge on any atom is -0.406 e. The van der Waals surface area contributed by atoms with E-state index in [1.165, 1.54) is 12.1 Å². The number of fused-ring (bicyclic) bond motifs is 1. The number of aromatic nitrogens is 2. The first-order valence-electron chi connectivity index (χ1n) is 9.77. The Balaban J connectivity index is 1.55. The Morgan fingerprint density at radius 2 is 2.00 bits per heavy atom. The highest BCUT2D eigenvalue weighted by Crippen LogP contribution is 2.40. The van der Waals surface area contributed by atoms with Crippen LogP contribution < -0.4 is 15.0 Å². The fourth-order valence-electron chi connectivity index (χ4n) is 3.49. The van der Waals surface area contributed by atoms with E-state index >= 15 is 0 Å². The molecule has 0 radical (unpaired) electrons. The number of nitrogens with one attached hydrogen (secondary N) is 1. The van der Waals surface area contributed by atoms with Crippen molar-refractivity contribution >= 4 is 11.8 Å². The Hall–Kier alpha value is -2.55. The average Bonchev–Trinajstić information content (AvgIpc) is 3.51. The van der Waals surface area contributed by atoms with Crippen LogP contribution in [0.5, 0.6) is 5.75 Å². The molecular formula is C20H23F3N4O2. The van der Waals surface area contributed by atoms with Gasteiger partial charge in [-0.15, -0.1) is 13.2 Å². The van der Waals surface area contributed by atoms with Crippen LogP contribution in [0.4, 0.5) is 24.9 Å². The van der Waals surface area contributed by atoms with Gasteiger partial charge in [0.25, 0.3) is 0 Å². The summed E-state index contributed by atoms with van der Waals surface area (Å²) in [6.07, 6.45) is -1.17. The van der Waals surface area contributed by atoms with E-state index < -0.39 is 6.36 Å². The highest BCUT2D eigenvalue weighted by molar-refractivity contribution is 5.50. The van der Waals surface area contributed by atoms with Crippen LogP contribution in [0.15, 0.2) is 24.3 Å². The number of rotatable bonds is 7. The summed E-state index contributed by atoms with van der Waals surface area (Å²) < 4.78 is 41.7. The molecule has 1 fully saturated rings. The molecule has 2 aliphatic rings. The molecule has 0 bridgehead atoms. The predicted molar refractivity (Wildman–Crippen MR) is 102 cm³/mol. The fourth-order valence-corrected chi connectivity index (χ4v) is 3.49. The lowest BCUT2D eigenvalue weighted by molar-refractivity contribution is -0.274. The van der Waals surface area contributed by atoms with E-state index in [-0.39, 0.29) is 12.4 Å². The number of benzene rings is 1. The van der Waals surface area contributed by atoms with Crippen LogP contribution in [-0.4, -0.2) is 41.1 Å². The Labute approximate surface area is 166 Å². The molecule has 0 amide bonds. The molecule has 0 unspecified atom stereocenters. The van der Waals surface area contributed by atoms with Gasteiger partial charge in [0.15, 0.2) is 0 Å². The normalized spacial score (nSPS) is 16.5. The first-order valence-corrected chi connectivity index (χ1v) is 9.77. The van der Waals surface area contributed by atoms with Crippen LogP contribution in [0.25, 0.3) is 0 Å². The maximum absolute atomic E-state index is 12.5. The standard InChI is InChI=1S/C20H23F3N4O2/c21-20(22,23)29-16-5-4-13-6-8-27(12-15(13)10-16)18-11-17(14-2-3-14)25-19(26-18)24-7-1-9-28/h4-5,10-11,14,28H,1-3,6-9,12H2,(H,24,25,26). The number of aliphatic hydroxyl groups is 1. The van der Waals surface area contributed by atoms with Gasteiger partial charge in [0.05, 0.1) is 5.69 Å². The lowest BCUT2D eigenvalue weighted by Gasteiger charge is -2.30. The minimum absolute atomic E-state index is 0.0907. The zero-order valence-corrected chi connectivity index (χ0v) is 15.9. The van der Waals surface area contributed by atoms with Crippen LogP contribution in [0, 0.1) is 0 Å². The van der Waals surface area contributed by atoms with Gasteiger partial charge < -0.3 is 20.1 Å². The number of halogens is 3. The third-order valence-electron chi connectivity index (χ3n) is 5.09. The van der Waals surface area contributed by atoms with Crippen molar-refractivity contribution in [2.24, 2.45) is 0 Å². The third-order valence-corrected chi connectivity index (χ3v) is 5.09. The molecule has 1 saturated carbocycles. The van der Waals surface area contributed by atoms with E-state index in [0.717, 1.165) is 48.4 Å². The minimum atomic E-state index is -4.70. The number of ether oxygens (including phenoxy) is 1. The molecule has 0 saturated heterocycles. The molecule has 9 heteroatoms. The number of alkyl halides is 3. The second-order valence-electron chi connectivity index (χ2n) is 7.40. The summed E-state index contributed by atoms with van der Waals surface area (Å²) in [5, 5.41) is 12.1. The molecule has 29 heavy (non-hydrogen) atoms. The van der Waals surface area contributed by atoms with E-state index in [4.69, 9.17) is 5.11 Å². The van der Waals surface area contributed by atoms with Gasteiger partial charge in [0.1, 0.15) is 11.6 Å². The average molecular weight is 408 g/mol. The van der Waals surface area contributed by atoms with E-state index in [2.05, 4.69) is 24.9 Å². The summed E-state index contributed by atoms with van der Waals surface area (Å²) in [6.45, 7) is 1.85. The van der Waals surface area contributed by atoms with E-state index in [1.54, 1.807) is 6.07 Å². The van der Waals surface area contributed by atoms with Crippen molar-refractivity contribution in [3.8, 4) is 5.75 Å². The van der Waals surface area contributed by atoms with Gasteiger partial charge in [-0.25, -0.2) is 4.98 Å². The van der Waals surface area contributed by atoms with E-state index in [9.17, 15) is 13.2 Å². The fraction of sp³-hybridized carbons (Fsp3) is 0.500. The van der Waals surface area contributed by atoms with Crippen LogP contribution in [0.2, 0.25) is 0 Å². The second-order valence-corrected chi connectivity index (χ2v) is 7.40. The molecule has 156 valence electrons. The van der Waals surface area contributed by atoms with Gasteiger partial charge in [0.2, 0.25) is 5.95 Å². The van der Waals surface area contributed by atoms with Gasteiger partial charge in [0, 0.05) is 38.2 Å². The zero-order valence-electron chi connectivity index (χ0n) is 15.9. The Bertz CT molecular complexity index is 871. The van der Waals surface area contributed by atoms with Crippen molar-refractivity contribution in [3.63, 3.8) is 0 Å². The molecule has 2 aromatic rings. The second kappa shape index (κ2) is 8.06. The number of hydrogen-bond acceptors (Lipinski definition) is 6. The smallest absolute Gasteiger partial charge is 0.406 e. The maximum atomic E-state index is 12.5. The molecular weight excluding hydrogens is 385 g/mol. The quantitative estimate of drug-likeness (QED) is 0.682. The van der Waals surface area contributed by atoms with Gasteiger partial charge in [-0.3, -0.25) is 0 Å². The lowest BCUT2D eigenvalue weighted by atomic mass is 9.99. The Kier molecular flexibility index (Phi) is 5.49. The zero-order chi connectivity index (χ0) is 20.4. The van der Waals surface area contributed by atoms with Crippen LogP contribution in [0.1, 0.15) is 42.0 Å². The topological polar surface area (TPSA) is 70.5 Å². The first kappa shape index (κ1) is 19.8. The Morgan fingerprint density at radius 1 is 1.17 bits per heavy atom. The summed E-state index contributed by atoms with van der Waals surface area (Å²) in [7, 11) is 0. The summed E-state index contributed by atoms with van der Waals surface area (Å²) in [4.78, 5) is 11.2. The summed E-state index contributed by atoms with van der Waals surface area (Å²) in [6, 6.07) is 6.50. The van der Waals surface area contributed by atoms with Crippen molar-refractivity contribution in [1.82, 2.24) is 9.97 Å². The summed E-state index contributed by atoms with van der Waals surface area (Å²) >= 11 is 0. The molecule has 0 spiro atoms. The highest BCUT2D eigenvalue weighted by atomic mass is 19.4. The van der Waals surface area contributed by atoms with Crippen LogP contribution >= 0.6 is 0 Å².